The maximum atomic E-state index is 11.3. The zero-order chi connectivity index (χ0) is 16.4. The second-order valence-corrected chi connectivity index (χ2v) is 5.16. The molecule has 0 amide bonds. The Balaban J connectivity index is 2.16. The first-order valence-corrected chi connectivity index (χ1v) is 6.99. The van der Waals surface area contributed by atoms with E-state index in [1.54, 1.807) is 28.9 Å². The Bertz CT molecular complexity index is 901. The largest absolute Gasteiger partial charge is 0.476 e. The summed E-state index contributed by atoms with van der Waals surface area (Å²) in [5, 5.41) is 22.3. The third kappa shape index (κ3) is 2.83. The molecule has 0 saturated carbocycles. The fourth-order valence-corrected chi connectivity index (χ4v) is 2.29. The normalized spacial score (nSPS) is 10.3. The molecule has 0 spiro atoms. The Hall–Kier alpha value is -3.39. The number of nitrogens with zero attached hydrogens (tertiary/aromatic N) is 3. The van der Waals surface area contributed by atoms with E-state index >= 15 is 0 Å². The van der Waals surface area contributed by atoms with Gasteiger partial charge in [0.05, 0.1) is 23.0 Å². The van der Waals surface area contributed by atoms with Crippen molar-refractivity contribution >= 4 is 5.97 Å². The van der Waals surface area contributed by atoms with Crippen LogP contribution in [0.3, 0.4) is 0 Å². The molecule has 0 unspecified atom stereocenters. The minimum atomic E-state index is -1.08. The smallest absolute Gasteiger partial charge is 0.356 e. The van der Waals surface area contributed by atoms with Gasteiger partial charge in [0, 0.05) is 5.56 Å². The van der Waals surface area contributed by atoms with Crippen LogP contribution in [0.25, 0.3) is 16.9 Å². The first-order valence-electron chi connectivity index (χ1n) is 6.99. The van der Waals surface area contributed by atoms with E-state index in [0.29, 0.717) is 11.3 Å². The minimum absolute atomic E-state index is 0.0232. The Morgan fingerprint density at radius 3 is 2.35 bits per heavy atom. The Morgan fingerprint density at radius 2 is 1.78 bits per heavy atom. The number of aromatic carboxylic acids is 1. The second-order valence-electron chi connectivity index (χ2n) is 5.16. The standard InChI is InChI=1S/C18H13N3O2/c1-12-2-8-15(9-3-12)21-17(10-16(20-21)18(22)23)14-6-4-13(11-19)5-7-14/h2-10H,1H3,(H,22,23). The lowest BCUT2D eigenvalue weighted by Gasteiger charge is -2.08. The number of rotatable bonds is 3. The van der Waals surface area contributed by atoms with E-state index in [0.717, 1.165) is 16.8 Å². The van der Waals surface area contributed by atoms with E-state index in [2.05, 4.69) is 11.2 Å². The van der Waals surface area contributed by atoms with Crippen molar-refractivity contribution in [3.05, 3.63) is 71.4 Å². The van der Waals surface area contributed by atoms with Crippen LogP contribution in [0.1, 0.15) is 21.6 Å². The van der Waals surface area contributed by atoms with Gasteiger partial charge in [0.15, 0.2) is 5.69 Å². The summed E-state index contributed by atoms with van der Waals surface area (Å²) in [5.74, 6) is -1.08. The average Bonchev–Trinajstić information content (AvgIpc) is 3.01. The zero-order valence-corrected chi connectivity index (χ0v) is 12.4. The number of nitriles is 1. The van der Waals surface area contributed by atoms with Gasteiger partial charge in [-0.1, -0.05) is 29.8 Å². The van der Waals surface area contributed by atoms with Crippen LogP contribution in [0.15, 0.2) is 54.6 Å². The van der Waals surface area contributed by atoms with Crippen molar-refractivity contribution in [2.45, 2.75) is 6.92 Å². The molecule has 1 N–H and O–H groups in total. The highest BCUT2D eigenvalue weighted by molar-refractivity contribution is 5.87. The van der Waals surface area contributed by atoms with Crippen molar-refractivity contribution in [2.24, 2.45) is 0 Å². The summed E-state index contributed by atoms with van der Waals surface area (Å²) in [7, 11) is 0. The third-order valence-electron chi connectivity index (χ3n) is 3.52. The molecule has 5 heteroatoms. The molecular formula is C18H13N3O2. The van der Waals surface area contributed by atoms with Gasteiger partial charge >= 0.3 is 5.97 Å². The van der Waals surface area contributed by atoms with Crippen molar-refractivity contribution in [1.82, 2.24) is 9.78 Å². The van der Waals surface area contributed by atoms with Gasteiger partial charge in [0.25, 0.3) is 0 Å². The molecule has 112 valence electrons. The van der Waals surface area contributed by atoms with Gasteiger partial charge in [-0.05, 0) is 37.3 Å². The number of carboxylic acid groups (broad SMARTS) is 1. The highest BCUT2D eigenvalue weighted by Gasteiger charge is 2.15. The highest BCUT2D eigenvalue weighted by Crippen LogP contribution is 2.24. The summed E-state index contributed by atoms with van der Waals surface area (Å²) >= 11 is 0. The van der Waals surface area contributed by atoms with Gasteiger partial charge in [-0.25, -0.2) is 9.48 Å². The topological polar surface area (TPSA) is 78.9 Å². The van der Waals surface area contributed by atoms with Crippen molar-refractivity contribution in [1.29, 1.82) is 5.26 Å². The molecule has 0 radical (unpaired) electrons. The minimum Gasteiger partial charge on any atom is -0.476 e. The summed E-state index contributed by atoms with van der Waals surface area (Å²) in [6, 6.07) is 18.2. The molecule has 0 aliphatic heterocycles. The number of hydrogen-bond donors (Lipinski definition) is 1. The quantitative estimate of drug-likeness (QED) is 0.804. The molecule has 0 atom stereocenters. The second kappa shape index (κ2) is 5.78. The van der Waals surface area contributed by atoms with E-state index in [-0.39, 0.29) is 5.69 Å². The van der Waals surface area contributed by atoms with E-state index in [1.165, 1.54) is 6.07 Å². The van der Waals surface area contributed by atoms with Gasteiger partial charge in [0.1, 0.15) is 0 Å². The highest BCUT2D eigenvalue weighted by atomic mass is 16.4. The predicted molar refractivity (Wildman–Crippen MR) is 85.4 cm³/mol. The molecule has 0 saturated heterocycles. The van der Waals surface area contributed by atoms with E-state index in [4.69, 9.17) is 5.26 Å². The monoisotopic (exact) mass is 303 g/mol. The molecule has 0 fully saturated rings. The van der Waals surface area contributed by atoms with Crippen LogP contribution in [-0.2, 0) is 0 Å². The lowest BCUT2D eigenvalue weighted by atomic mass is 10.1. The van der Waals surface area contributed by atoms with Gasteiger partial charge < -0.3 is 5.11 Å². The Morgan fingerprint density at radius 1 is 1.13 bits per heavy atom. The van der Waals surface area contributed by atoms with Crippen molar-refractivity contribution in [2.75, 3.05) is 0 Å². The van der Waals surface area contributed by atoms with Crippen LogP contribution < -0.4 is 0 Å². The Labute approximate surface area is 133 Å². The first-order chi connectivity index (χ1) is 11.1. The van der Waals surface area contributed by atoms with Crippen molar-refractivity contribution in [3.63, 3.8) is 0 Å². The molecular weight excluding hydrogens is 290 g/mol. The van der Waals surface area contributed by atoms with Crippen molar-refractivity contribution < 1.29 is 9.90 Å². The lowest BCUT2D eigenvalue weighted by Crippen LogP contribution is -2.02. The lowest BCUT2D eigenvalue weighted by molar-refractivity contribution is 0.0690. The zero-order valence-electron chi connectivity index (χ0n) is 12.4. The fourth-order valence-electron chi connectivity index (χ4n) is 2.29. The van der Waals surface area contributed by atoms with Crippen LogP contribution >= 0.6 is 0 Å². The van der Waals surface area contributed by atoms with Gasteiger partial charge in [0.2, 0.25) is 0 Å². The number of benzene rings is 2. The summed E-state index contributed by atoms with van der Waals surface area (Å²) in [6.07, 6.45) is 0. The number of aryl methyl sites for hydroxylation is 1. The maximum absolute atomic E-state index is 11.3. The van der Waals surface area contributed by atoms with Crippen LogP contribution in [0.4, 0.5) is 0 Å². The molecule has 2 aromatic carbocycles. The molecule has 0 bridgehead atoms. The van der Waals surface area contributed by atoms with Crippen molar-refractivity contribution in [3.8, 4) is 23.0 Å². The van der Waals surface area contributed by atoms with Gasteiger partial charge in [-0.15, -0.1) is 0 Å². The Kier molecular flexibility index (Phi) is 3.65. The summed E-state index contributed by atoms with van der Waals surface area (Å²) in [6.45, 7) is 1.98. The summed E-state index contributed by atoms with van der Waals surface area (Å²) < 4.78 is 1.60. The molecule has 23 heavy (non-hydrogen) atoms. The van der Waals surface area contributed by atoms with Crippen LogP contribution in [0.2, 0.25) is 0 Å². The average molecular weight is 303 g/mol. The molecule has 0 aliphatic rings. The number of hydrogen-bond acceptors (Lipinski definition) is 3. The third-order valence-corrected chi connectivity index (χ3v) is 3.52. The first kappa shape index (κ1) is 14.5. The van der Waals surface area contributed by atoms with E-state index in [1.807, 2.05) is 31.2 Å². The number of aromatic nitrogens is 2. The fraction of sp³-hybridized carbons (Fsp3) is 0.0556. The van der Waals surface area contributed by atoms with Crippen LogP contribution in [0.5, 0.6) is 0 Å². The summed E-state index contributed by atoms with van der Waals surface area (Å²) in [4.78, 5) is 11.3. The SMILES string of the molecule is Cc1ccc(-n2nc(C(=O)O)cc2-c2ccc(C#N)cc2)cc1. The molecule has 5 nitrogen and oxygen atoms in total. The van der Waals surface area contributed by atoms with Crippen LogP contribution in [0, 0.1) is 18.3 Å². The maximum Gasteiger partial charge on any atom is 0.356 e. The van der Waals surface area contributed by atoms with Crippen LogP contribution in [-0.4, -0.2) is 20.9 Å². The molecule has 1 aromatic heterocycles. The number of carbonyl (C=O) groups is 1. The molecule has 3 aromatic rings. The van der Waals surface area contributed by atoms with Gasteiger partial charge in [-0.3, -0.25) is 0 Å². The molecule has 3 rings (SSSR count). The number of carboxylic acids is 1. The predicted octanol–water partition coefficient (Wildman–Crippen LogP) is 3.42. The molecule has 0 aliphatic carbocycles. The van der Waals surface area contributed by atoms with Gasteiger partial charge in [-0.2, -0.15) is 10.4 Å². The van der Waals surface area contributed by atoms with E-state index in [9.17, 15) is 9.90 Å². The summed E-state index contributed by atoms with van der Waals surface area (Å²) in [5.41, 5.74) is 3.88. The van der Waals surface area contributed by atoms with E-state index < -0.39 is 5.97 Å². The molecule has 1 heterocycles.